The predicted molar refractivity (Wildman–Crippen MR) is 71.1 cm³/mol. The standard InChI is InChI=1S/C15H14ClFO/c1-15(18,12-5-3-6-13(16)9-12)10-11-4-2-7-14(17)8-11/h2-9,18H,10H2,1H3. The summed E-state index contributed by atoms with van der Waals surface area (Å²) in [6.07, 6.45) is 0.338. The Balaban J connectivity index is 2.26. The quantitative estimate of drug-likeness (QED) is 0.891. The molecule has 1 atom stereocenters. The minimum Gasteiger partial charge on any atom is -0.385 e. The topological polar surface area (TPSA) is 20.2 Å². The van der Waals surface area contributed by atoms with Crippen molar-refractivity contribution in [3.8, 4) is 0 Å². The molecular formula is C15H14ClFO. The molecule has 0 bridgehead atoms. The fourth-order valence-electron chi connectivity index (χ4n) is 1.97. The number of benzene rings is 2. The monoisotopic (exact) mass is 264 g/mol. The molecule has 0 saturated carbocycles. The maximum Gasteiger partial charge on any atom is 0.123 e. The van der Waals surface area contributed by atoms with Crippen LogP contribution in [0, 0.1) is 5.82 Å². The Labute approximate surface area is 111 Å². The maximum absolute atomic E-state index is 13.1. The summed E-state index contributed by atoms with van der Waals surface area (Å²) < 4.78 is 13.1. The van der Waals surface area contributed by atoms with Gasteiger partial charge in [-0.15, -0.1) is 0 Å². The zero-order valence-electron chi connectivity index (χ0n) is 10.0. The van der Waals surface area contributed by atoms with E-state index in [9.17, 15) is 9.50 Å². The van der Waals surface area contributed by atoms with Crippen molar-refractivity contribution in [3.63, 3.8) is 0 Å². The summed E-state index contributed by atoms with van der Waals surface area (Å²) in [6.45, 7) is 1.70. The zero-order valence-corrected chi connectivity index (χ0v) is 10.8. The Morgan fingerprint density at radius 1 is 1.17 bits per heavy atom. The molecule has 3 heteroatoms. The average Bonchev–Trinajstić information content (AvgIpc) is 2.28. The molecule has 1 unspecified atom stereocenters. The van der Waals surface area contributed by atoms with Crippen LogP contribution in [0.25, 0.3) is 0 Å². The van der Waals surface area contributed by atoms with Gasteiger partial charge in [0.1, 0.15) is 5.82 Å². The van der Waals surface area contributed by atoms with E-state index in [2.05, 4.69) is 0 Å². The predicted octanol–water partition coefficient (Wildman–Crippen LogP) is 3.93. The molecule has 1 nitrogen and oxygen atoms in total. The molecule has 0 aliphatic rings. The first-order valence-corrected chi connectivity index (χ1v) is 6.08. The van der Waals surface area contributed by atoms with Crippen molar-refractivity contribution >= 4 is 11.6 Å². The number of hydrogen-bond acceptors (Lipinski definition) is 1. The molecule has 0 fully saturated rings. The maximum atomic E-state index is 13.1. The van der Waals surface area contributed by atoms with Crippen LogP contribution in [0.2, 0.25) is 5.02 Å². The van der Waals surface area contributed by atoms with Crippen molar-refractivity contribution in [2.75, 3.05) is 0 Å². The van der Waals surface area contributed by atoms with Crippen molar-refractivity contribution in [1.29, 1.82) is 0 Å². The first kappa shape index (κ1) is 13.1. The van der Waals surface area contributed by atoms with Crippen LogP contribution in [0.15, 0.2) is 48.5 Å². The molecule has 0 aliphatic heterocycles. The second-order valence-corrected chi connectivity index (χ2v) is 5.03. The van der Waals surface area contributed by atoms with E-state index in [1.807, 2.05) is 6.07 Å². The van der Waals surface area contributed by atoms with Gasteiger partial charge in [0, 0.05) is 11.4 Å². The van der Waals surface area contributed by atoms with Crippen LogP contribution in [0.3, 0.4) is 0 Å². The highest BCUT2D eigenvalue weighted by atomic mass is 35.5. The van der Waals surface area contributed by atoms with Crippen molar-refractivity contribution < 1.29 is 9.50 Å². The van der Waals surface area contributed by atoms with Gasteiger partial charge in [0.15, 0.2) is 0 Å². The molecule has 0 aliphatic carbocycles. The van der Waals surface area contributed by atoms with E-state index in [0.29, 0.717) is 11.4 Å². The summed E-state index contributed by atoms with van der Waals surface area (Å²) in [5.74, 6) is -0.297. The molecule has 0 radical (unpaired) electrons. The number of hydrogen-bond donors (Lipinski definition) is 1. The SMILES string of the molecule is CC(O)(Cc1cccc(F)c1)c1cccc(Cl)c1. The van der Waals surface area contributed by atoms with Gasteiger partial charge in [0.25, 0.3) is 0 Å². The van der Waals surface area contributed by atoms with E-state index in [1.165, 1.54) is 12.1 Å². The van der Waals surface area contributed by atoms with Gasteiger partial charge in [0.2, 0.25) is 0 Å². The van der Waals surface area contributed by atoms with Crippen molar-refractivity contribution in [2.45, 2.75) is 18.9 Å². The number of aliphatic hydroxyl groups is 1. The van der Waals surface area contributed by atoms with Gasteiger partial charge in [-0.3, -0.25) is 0 Å². The molecule has 2 rings (SSSR count). The lowest BCUT2D eigenvalue weighted by Gasteiger charge is -2.24. The van der Waals surface area contributed by atoms with Crippen molar-refractivity contribution in [2.24, 2.45) is 0 Å². The Morgan fingerprint density at radius 2 is 1.89 bits per heavy atom. The van der Waals surface area contributed by atoms with Crippen LogP contribution >= 0.6 is 11.6 Å². The third-order valence-electron chi connectivity index (χ3n) is 2.88. The van der Waals surface area contributed by atoms with E-state index in [0.717, 1.165) is 11.1 Å². The van der Waals surface area contributed by atoms with Gasteiger partial charge >= 0.3 is 0 Å². The van der Waals surface area contributed by atoms with Gasteiger partial charge in [0.05, 0.1) is 5.60 Å². The van der Waals surface area contributed by atoms with E-state index < -0.39 is 5.60 Å². The molecule has 2 aromatic carbocycles. The van der Waals surface area contributed by atoms with E-state index in [-0.39, 0.29) is 5.82 Å². The molecular weight excluding hydrogens is 251 g/mol. The van der Waals surface area contributed by atoms with Crippen LogP contribution < -0.4 is 0 Å². The lowest BCUT2D eigenvalue weighted by Crippen LogP contribution is -2.24. The van der Waals surface area contributed by atoms with Gasteiger partial charge in [-0.25, -0.2) is 4.39 Å². The fraction of sp³-hybridized carbons (Fsp3) is 0.200. The first-order chi connectivity index (χ1) is 8.47. The third kappa shape index (κ3) is 3.09. The highest BCUT2D eigenvalue weighted by Crippen LogP contribution is 2.27. The summed E-state index contributed by atoms with van der Waals surface area (Å²) in [5.41, 5.74) is 0.401. The lowest BCUT2D eigenvalue weighted by atomic mass is 9.89. The van der Waals surface area contributed by atoms with Crippen LogP contribution in [0.4, 0.5) is 4.39 Å². The van der Waals surface area contributed by atoms with Crippen molar-refractivity contribution in [3.05, 3.63) is 70.5 Å². The summed E-state index contributed by atoms with van der Waals surface area (Å²) in [6, 6.07) is 13.3. The summed E-state index contributed by atoms with van der Waals surface area (Å²) in [5, 5.41) is 11.0. The number of halogens is 2. The molecule has 94 valence electrons. The highest BCUT2D eigenvalue weighted by molar-refractivity contribution is 6.30. The Hall–Kier alpha value is -1.38. The lowest BCUT2D eigenvalue weighted by molar-refractivity contribution is 0.0576. The zero-order chi connectivity index (χ0) is 13.2. The minimum absolute atomic E-state index is 0.297. The molecule has 0 aromatic heterocycles. The normalized spacial score (nSPS) is 14.2. The highest BCUT2D eigenvalue weighted by Gasteiger charge is 2.23. The number of rotatable bonds is 3. The summed E-state index contributed by atoms with van der Waals surface area (Å²) in [7, 11) is 0. The minimum atomic E-state index is -1.07. The molecule has 0 saturated heterocycles. The summed E-state index contributed by atoms with van der Waals surface area (Å²) >= 11 is 5.91. The second kappa shape index (κ2) is 5.09. The molecule has 18 heavy (non-hydrogen) atoms. The largest absolute Gasteiger partial charge is 0.385 e. The van der Waals surface area contributed by atoms with Gasteiger partial charge in [-0.2, -0.15) is 0 Å². The molecule has 1 N–H and O–H groups in total. The molecule has 0 spiro atoms. The summed E-state index contributed by atoms with van der Waals surface area (Å²) in [4.78, 5) is 0. The fourth-order valence-corrected chi connectivity index (χ4v) is 2.16. The second-order valence-electron chi connectivity index (χ2n) is 4.59. The smallest absolute Gasteiger partial charge is 0.123 e. The van der Waals surface area contributed by atoms with Gasteiger partial charge in [-0.05, 0) is 42.3 Å². The molecule has 2 aromatic rings. The Bertz CT molecular complexity index is 552. The van der Waals surface area contributed by atoms with Crippen LogP contribution in [0.5, 0.6) is 0 Å². The Morgan fingerprint density at radius 3 is 2.56 bits per heavy atom. The van der Waals surface area contributed by atoms with E-state index in [4.69, 9.17) is 11.6 Å². The molecule has 0 heterocycles. The van der Waals surface area contributed by atoms with Crippen molar-refractivity contribution in [1.82, 2.24) is 0 Å². The third-order valence-corrected chi connectivity index (χ3v) is 3.12. The Kier molecular flexibility index (Phi) is 3.69. The van der Waals surface area contributed by atoms with Crippen LogP contribution in [-0.2, 0) is 12.0 Å². The first-order valence-electron chi connectivity index (χ1n) is 5.70. The van der Waals surface area contributed by atoms with E-state index >= 15 is 0 Å². The van der Waals surface area contributed by atoms with Crippen LogP contribution in [0.1, 0.15) is 18.1 Å². The molecule has 0 amide bonds. The van der Waals surface area contributed by atoms with Crippen LogP contribution in [-0.4, -0.2) is 5.11 Å². The van der Waals surface area contributed by atoms with Gasteiger partial charge in [-0.1, -0.05) is 35.9 Å². The van der Waals surface area contributed by atoms with E-state index in [1.54, 1.807) is 37.3 Å². The average molecular weight is 265 g/mol. The van der Waals surface area contributed by atoms with Gasteiger partial charge < -0.3 is 5.11 Å².